The highest BCUT2D eigenvalue weighted by Gasteiger charge is 2.53. The van der Waals surface area contributed by atoms with Crippen LogP contribution in [0.2, 0.25) is 0 Å². The second-order valence-electron chi connectivity index (χ2n) is 13.4. The first-order valence-corrected chi connectivity index (χ1v) is 18.4. The first-order chi connectivity index (χ1) is 26.3. The molecule has 0 unspecified atom stereocenters. The molecule has 3 N–H and O–H groups in total. The van der Waals surface area contributed by atoms with Crippen molar-refractivity contribution in [1.82, 2.24) is 25.7 Å². The minimum absolute atomic E-state index is 0.00156. The number of H-pyrrole nitrogens is 1. The van der Waals surface area contributed by atoms with Crippen molar-refractivity contribution in [2.75, 3.05) is 59.2 Å². The van der Waals surface area contributed by atoms with E-state index < -0.39 is 61.2 Å². The minimum Gasteiger partial charge on any atom is -0.494 e. The molecule has 2 saturated heterocycles. The summed E-state index contributed by atoms with van der Waals surface area (Å²) in [5.74, 6) is -2.09. The Morgan fingerprint density at radius 3 is 2.15 bits per heavy atom. The zero-order valence-electron chi connectivity index (χ0n) is 32.3. The summed E-state index contributed by atoms with van der Waals surface area (Å²) < 4.78 is 45.4. The molecule has 0 bridgehead atoms. The molecule has 0 spiro atoms. The molecule has 4 rings (SSSR count). The van der Waals surface area contributed by atoms with Crippen LogP contribution in [0.25, 0.3) is 0 Å². The largest absolute Gasteiger partial charge is 0.494 e. The van der Waals surface area contributed by atoms with Gasteiger partial charge in [0.25, 0.3) is 0 Å². The van der Waals surface area contributed by atoms with E-state index in [0.717, 1.165) is 64.9 Å². The molecule has 5 atom stereocenters. The Hall–Kier alpha value is -4.94. The highest BCUT2D eigenvalue weighted by atomic mass is 16.7. The molecule has 0 aliphatic carbocycles. The summed E-state index contributed by atoms with van der Waals surface area (Å²) in [6.45, 7) is 13.6. The minimum atomic E-state index is -1.44. The van der Waals surface area contributed by atoms with Crippen molar-refractivity contribution in [3.8, 4) is 11.6 Å². The maximum atomic E-state index is 12.3. The van der Waals surface area contributed by atoms with Crippen molar-refractivity contribution in [2.24, 2.45) is 0 Å². The maximum absolute atomic E-state index is 12.3. The lowest BCUT2D eigenvalue weighted by atomic mass is 9.97. The second-order valence-corrected chi connectivity index (χ2v) is 13.4. The monoisotopic (exact) mass is 775 g/mol. The quantitative estimate of drug-likeness (QED) is 0.112. The smallest absolute Gasteiger partial charge is 0.314 e. The van der Waals surface area contributed by atoms with Gasteiger partial charge < -0.3 is 48.5 Å². The Bertz CT molecular complexity index is 1580. The molecular formula is C37H53N5O13. The van der Waals surface area contributed by atoms with Gasteiger partial charge in [-0.15, -0.1) is 5.10 Å². The van der Waals surface area contributed by atoms with Gasteiger partial charge in [-0.1, -0.05) is 26.0 Å². The van der Waals surface area contributed by atoms with Gasteiger partial charge in [-0.25, -0.2) is 4.79 Å². The van der Waals surface area contributed by atoms with Crippen molar-refractivity contribution in [3.63, 3.8) is 0 Å². The number of carbonyl (C=O) groups is 5. The van der Waals surface area contributed by atoms with Crippen molar-refractivity contribution >= 4 is 29.9 Å². The summed E-state index contributed by atoms with van der Waals surface area (Å²) in [4.78, 5) is 62.7. The fraction of sp³-hybridized carbons (Fsp3) is 0.622. The lowest BCUT2D eigenvalue weighted by Gasteiger charge is -2.43. The zero-order chi connectivity index (χ0) is 39.9. The molecule has 0 saturated carbocycles. The first-order valence-electron chi connectivity index (χ1n) is 18.4. The maximum Gasteiger partial charge on any atom is 0.314 e. The van der Waals surface area contributed by atoms with Crippen molar-refractivity contribution in [1.29, 1.82) is 0 Å². The zero-order valence-corrected chi connectivity index (χ0v) is 32.3. The van der Waals surface area contributed by atoms with Gasteiger partial charge in [0.1, 0.15) is 18.5 Å². The fourth-order valence-corrected chi connectivity index (χ4v) is 6.09. The van der Waals surface area contributed by atoms with Gasteiger partial charge in [0, 0.05) is 78.1 Å². The van der Waals surface area contributed by atoms with Crippen LogP contribution in [0.15, 0.2) is 24.3 Å². The number of aromatic amines is 1. The first kappa shape index (κ1) is 42.8. The van der Waals surface area contributed by atoms with E-state index in [4.69, 9.17) is 37.9 Å². The van der Waals surface area contributed by atoms with Gasteiger partial charge in [-0.05, 0) is 30.0 Å². The third-order valence-electron chi connectivity index (χ3n) is 8.61. The highest BCUT2D eigenvalue weighted by Crippen LogP contribution is 2.34. The van der Waals surface area contributed by atoms with Gasteiger partial charge in [0.05, 0.1) is 19.8 Å². The summed E-state index contributed by atoms with van der Waals surface area (Å²) in [5, 5.41) is 13.1. The molecule has 2 aliphatic heterocycles. The third kappa shape index (κ3) is 13.7. The number of hydrogen-bond donors (Lipinski definition) is 3. The SMILES string of the molecule is CC(=O)OC[C@H]1O[C@@H](Oc2n[nH]c(C(C)C)c2Cc2ccc(OCCCNC(=O)NCCN3CCOCC3)cc2)[C@H](OC(C)=O)[C@@H](OC(C)=O)[C@@H]1OC(C)=O. The predicted molar refractivity (Wildman–Crippen MR) is 193 cm³/mol. The van der Waals surface area contributed by atoms with Gasteiger partial charge in [0.2, 0.25) is 18.3 Å². The molecule has 18 nitrogen and oxygen atoms in total. The average molecular weight is 776 g/mol. The Kier molecular flexibility index (Phi) is 16.5. The fourth-order valence-electron chi connectivity index (χ4n) is 6.09. The molecule has 2 amide bonds. The van der Waals surface area contributed by atoms with Crippen LogP contribution in [-0.4, -0.2) is 135 Å². The normalized spacial score (nSPS) is 21.3. The molecule has 304 valence electrons. The second kappa shape index (κ2) is 21.2. The molecule has 2 aromatic rings. The lowest BCUT2D eigenvalue weighted by Crippen LogP contribution is -2.63. The van der Waals surface area contributed by atoms with Crippen LogP contribution < -0.4 is 20.1 Å². The van der Waals surface area contributed by atoms with Gasteiger partial charge in [-0.3, -0.25) is 29.2 Å². The lowest BCUT2D eigenvalue weighted by molar-refractivity contribution is -0.289. The van der Waals surface area contributed by atoms with Crippen LogP contribution in [0.5, 0.6) is 11.6 Å². The Labute approximate surface area is 320 Å². The summed E-state index contributed by atoms with van der Waals surface area (Å²) >= 11 is 0. The van der Waals surface area contributed by atoms with Gasteiger partial charge in [0.15, 0.2) is 12.2 Å². The Morgan fingerprint density at radius 1 is 0.873 bits per heavy atom. The van der Waals surface area contributed by atoms with E-state index in [1.165, 1.54) is 6.92 Å². The number of carbonyl (C=O) groups excluding carboxylic acids is 5. The summed E-state index contributed by atoms with van der Waals surface area (Å²) in [6.07, 6.45) is -5.74. The topological polar surface area (TPSA) is 215 Å². The molecule has 0 radical (unpaired) electrons. The van der Waals surface area contributed by atoms with E-state index in [-0.39, 0.29) is 17.8 Å². The van der Waals surface area contributed by atoms with Crippen LogP contribution in [0, 0.1) is 0 Å². The van der Waals surface area contributed by atoms with E-state index in [0.29, 0.717) is 43.9 Å². The summed E-state index contributed by atoms with van der Waals surface area (Å²) in [7, 11) is 0. The molecular weight excluding hydrogens is 722 g/mol. The van der Waals surface area contributed by atoms with Crippen LogP contribution in [-0.2, 0) is 54.0 Å². The van der Waals surface area contributed by atoms with Crippen LogP contribution in [0.1, 0.15) is 70.7 Å². The number of benzene rings is 1. The van der Waals surface area contributed by atoms with Gasteiger partial charge >= 0.3 is 29.9 Å². The highest BCUT2D eigenvalue weighted by molar-refractivity contribution is 5.73. The molecule has 2 aliphatic rings. The van der Waals surface area contributed by atoms with E-state index >= 15 is 0 Å². The molecule has 2 fully saturated rings. The number of nitrogens with zero attached hydrogens (tertiary/aromatic N) is 2. The third-order valence-corrected chi connectivity index (χ3v) is 8.61. The van der Waals surface area contributed by atoms with Crippen molar-refractivity contribution in [2.45, 2.75) is 91.0 Å². The number of nitrogens with one attached hydrogen (secondary N) is 3. The van der Waals surface area contributed by atoms with E-state index in [1.54, 1.807) is 0 Å². The van der Waals surface area contributed by atoms with Crippen molar-refractivity contribution < 1.29 is 61.9 Å². The number of urea groups is 1. The molecule has 55 heavy (non-hydrogen) atoms. The molecule has 1 aromatic heterocycles. The number of amides is 2. The number of morpholine rings is 1. The van der Waals surface area contributed by atoms with Crippen LogP contribution in [0.4, 0.5) is 4.79 Å². The van der Waals surface area contributed by atoms with Crippen molar-refractivity contribution in [3.05, 3.63) is 41.1 Å². The average Bonchev–Trinajstić information content (AvgIpc) is 3.52. The standard InChI is InChI=1S/C37H53N5O13/c1-22(2)31-29(20-27-8-10-28(11-9-27)49-17-7-12-38-37(47)39-13-14-42-15-18-48-19-16-42)35(41-40-31)55-36-34(53-26(6)46)33(52-25(5)45)32(51-24(4)44)30(54-36)21-50-23(3)43/h8-11,22,30,32-34,36H,7,12-21H2,1-6H3,(H,40,41)(H2,38,39,47)/t30-,32-,33+,34-,36+/m1/s1. The van der Waals surface area contributed by atoms with E-state index in [9.17, 15) is 24.0 Å². The summed E-state index contributed by atoms with van der Waals surface area (Å²) in [6, 6.07) is 7.29. The van der Waals surface area contributed by atoms with E-state index in [2.05, 4.69) is 25.7 Å². The van der Waals surface area contributed by atoms with Crippen LogP contribution >= 0.6 is 0 Å². The Balaban J connectivity index is 1.40. The predicted octanol–water partition coefficient (Wildman–Crippen LogP) is 1.99. The number of rotatable bonds is 18. The van der Waals surface area contributed by atoms with E-state index in [1.807, 2.05) is 38.1 Å². The van der Waals surface area contributed by atoms with Gasteiger partial charge in [-0.2, -0.15) is 0 Å². The molecule has 18 heteroatoms. The summed E-state index contributed by atoms with van der Waals surface area (Å²) in [5.41, 5.74) is 2.36. The number of ether oxygens (including phenoxy) is 8. The Morgan fingerprint density at radius 2 is 1.51 bits per heavy atom. The number of hydrogen-bond acceptors (Lipinski definition) is 15. The molecule has 1 aromatic carbocycles. The molecule has 3 heterocycles. The number of aromatic nitrogens is 2. The number of esters is 4. The van der Waals surface area contributed by atoms with Crippen LogP contribution in [0.3, 0.4) is 0 Å².